The molecule has 3 heterocycles. The van der Waals surface area contributed by atoms with Crippen LogP contribution in [0.5, 0.6) is 0 Å². The quantitative estimate of drug-likeness (QED) is 0.661. The number of nitrogens with zero attached hydrogens (tertiary/aromatic N) is 3. The molecule has 0 aliphatic carbocycles. The maximum atomic E-state index is 12.4. The van der Waals surface area contributed by atoms with Gasteiger partial charge in [-0.3, -0.25) is 15.4 Å². The van der Waals surface area contributed by atoms with Crippen molar-refractivity contribution in [3.63, 3.8) is 0 Å². The van der Waals surface area contributed by atoms with E-state index in [4.69, 9.17) is 5.84 Å². The number of rotatable bonds is 1. The first-order valence-electron chi connectivity index (χ1n) is 7.21. The first kappa shape index (κ1) is 12.6. The lowest BCUT2D eigenvalue weighted by molar-refractivity contribution is 0.190. The number of imidazole rings is 1. The van der Waals surface area contributed by atoms with Crippen LogP contribution in [-0.4, -0.2) is 32.6 Å². The number of nitrogens with two attached hydrogens (primary N) is 1. The van der Waals surface area contributed by atoms with Gasteiger partial charge in [0.2, 0.25) is 0 Å². The van der Waals surface area contributed by atoms with Crippen molar-refractivity contribution in [2.45, 2.75) is 18.9 Å². The highest BCUT2D eigenvalue weighted by molar-refractivity contribution is 6.01. The monoisotopic (exact) mass is 283 g/mol. The van der Waals surface area contributed by atoms with Gasteiger partial charge in [0.15, 0.2) is 0 Å². The summed E-state index contributed by atoms with van der Waals surface area (Å²) in [5, 5.41) is 2.80. The number of H-pyrrole nitrogens is 1. The van der Waals surface area contributed by atoms with Crippen LogP contribution < -0.4 is 11.5 Å². The van der Waals surface area contributed by atoms with Crippen molar-refractivity contribution in [3.8, 4) is 0 Å². The normalized spacial score (nSPS) is 17.8. The fourth-order valence-electron chi connectivity index (χ4n) is 3.23. The molecule has 0 atom stereocenters. The van der Waals surface area contributed by atoms with Crippen LogP contribution in [0.3, 0.4) is 0 Å². The van der Waals surface area contributed by atoms with Gasteiger partial charge in [-0.2, -0.15) is 0 Å². The molecule has 1 fully saturated rings. The Morgan fingerprint density at radius 3 is 2.81 bits per heavy atom. The standard InChI is InChI=1S/C15H17N5O/c16-19-7-5-10(6-8-19)20-13-9-17-12-4-2-1-3-11(12)14(13)18-15(20)21/h1-4,9-10H,5-8,16H2,(H,18,21). The number of hydrazine groups is 1. The number of benzene rings is 1. The number of piperidine rings is 1. The smallest absolute Gasteiger partial charge is 0.305 e. The fraction of sp³-hybridized carbons (Fsp3) is 0.333. The summed E-state index contributed by atoms with van der Waals surface area (Å²) < 4.78 is 1.85. The molecule has 6 nitrogen and oxygen atoms in total. The third kappa shape index (κ3) is 1.95. The zero-order valence-electron chi connectivity index (χ0n) is 11.6. The lowest BCUT2D eigenvalue weighted by atomic mass is 10.1. The van der Waals surface area contributed by atoms with Crippen molar-refractivity contribution >= 4 is 21.9 Å². The highest BCUT2D eigenvalue weighted by Crippen LogP contribution is 2.26. The first-order valence-corrected chi connectivity index (χ1v) is 7.21. The Balaban J connectivity index is 1.92. The van der Waals surface area contributed by atoms with Gasteiger partial charge in [0.05, 0.1) is 22.7 Å². The minimum Gasteiger partial charge on any atom is -0.305 e. The molecule has 21 heavy (non-hydrogen) atoms. The van der Waals surface area contributed by atoms with Gasteiger partial charge in [0, 0.05) is 24.5 Å². The van der Waals surface area contributed by atoms with Gasteiger partial charge in [-0.25, -0.2) is 9.80 Å². The average Bonchev–Trinajstić information content (AvgIpc) is 2.85. The molecule has 6 heteroatoms. The second kappa shape index (κ2) is 4.68. The molecule has 0 saturated carbocycles. The Hall–Kier alpha value is -2.18. The van der Waals surface area contributed by atoms with Gasteiger partial charge in [-0.1, -0.05) is 18.2 Å². The molecule has 3 N–H and O–H groups in total. The van der Waals surface area contributed by atoms with Crippen LogP contribution in [0.25, 0.3) is 21.9 Å². The largest absolute Gasteiger partial charge is 0.326 e. The summed E-state index contributed by atoms with van der Waals surface area (Å²) in [6, 6.07) is 8.05. The zero-order valence-corrected chi connectivity index (χ0v) is 11.6. The predicted molar refractivity (Wildman–Crippen MR) is 81.9 cm³/mol. The second-order valence-electron chi connectivity index (χ2n) is 5.60. The van der Waals surface area contributed by atoms with E-state index in [-0.39, 0.29) is 11.7 Å². The second-order valence-corrected chi connectivity index (χ2v) is 5.60. The summed E-state index contributed by atoms with van der Waals surface area (Å²) in [6.07, 6.45) is 3.57. The van der Waals surface area contributed by atoms with Gasteiger partial charge >= 0.3 is 5.69 Å². The van der Waals surface area contributed by atoms with E-state index in [9.17, 15) is 4.79 Å². The summed E-state index contributed by atoms with van der Waals surface area (Å²) in [4.78, 5) is 19.9. The predicted octanol–water partition coefficient (Wildman–Crippen LogP) is 1.39. The topological polar surface area (TPSA) is 79.9 Å². The van der Waals surface area contributed by atoms with E-state index >= 15 is 0 Å². The Morgan fingerprint density at radius 1 is 1.24 bits per heavy atom. The highest BCUT2D eigenvalue weighted by Gasteiger charge is 2.22. The van der Waals surface area contributed by atoms with Crippen LogP contribution in [0.2, 0.25) is 0 Å². The summed E-state index contributed by atoms with van der Waals surface area (Å²) in [7, 11) is 0. The summed E-state index contributed by atoms with van der Waals surface area (Å²) in [6.45, 7) is 1.62. The van der Waals surface area contributed by atoms with Gasteiger partial charge in [-0.15, -0.1) is 0 Å². The molecule has 0 spiro atoms. The van der Waals surface area contributed by atoms with E-state index in [0.717, 1.165) is 47.9 Å². The molecule has 1 aliphatic rings. The van der Waals surface area contributed by atoms with Gasteiger partial charge < -0.3 is 4.98 Å². The van der Waals surface area contributed by atoms with E-state index in [0.29, 0.717) is 0 Å². The fourth-order valence-corrected chi connectivity index (χ4v) is 3.23. The molecular weight excluding hydrogens is 266 g/mol. The lowest BCUT2D eigenvalue weighted by Gasteiger charge is -2.29. The zero-order chi connectivity index (χ0) is 14.4. The van der Waals surface area contributed by atoms with E-state index in [2.05, 4.69) is 9.97 Å². The average molecular weight is 283 g/mol. The third-order valence-electron chi connectivity index (χ3n) is 4.33. The van der Waals surface area contributed by atoms with Crippen LogP contribution in [-0.2, 0) is 0 Å². The highest BCUT2D eigenvalue weighted by atomic mass is 16.1. The molecule has 1 saturated heterocycles. The van der Waals surface area contributed by atoms with Crippen molar-refractivity contribution in [3.05, 3.63) is 40.9 Å². The minimum absolute atomic E-state index is 0.0568. The van der Waals surface area contributed by atoms with Crippen LogP contribution in [0.1, 0.15) is 18.9 Å². The van der Waals surface area contributed by atoms with E-state index in [1.54, 1.807) is 6.20 Å². The molecule has 0 unspecified atom stereocenters. The molecule has 0 amide bonds. The van der Waals surface area contributed by atoms with E-state index < -0.39 is 0 Å². The molecular formula is C15H17N5O. The Labute approximate surface area is 121 Å². The van der Waals surface area contributed by atoms with Gasteiger partial charge in [-0.05, 0) is 18.9 Å². The SMILES string of the molecule is NN1CCC(n2c(=O)[nH]c3c4ccccc4ncc32)CC1. The van der Waals surface area contributed by atoms with Crippen LogP contribution in [0, 0.1) is 0 Å². The van der Waals surface area contributed by atoms with Crippen LogP contribution in [0.4, 0.5) is 0 Å². The maximum Gasteiger partial charge on any atom is 0.326 e. The molecule has 3 aromatic rings. The molecule has 108 valence electrons. The maximum absolute atomic E-state index is 12.4. The van der Waals surface area contributed by atoms with E-state index in [1.807, 2.05) is 33.8 Å². The lowest BCUT2D eigenvalue weighted by Crippen LogP contribution is -2.40. The molecule has 0 radical (unpaired) electrons. The summed E-state index contributed by atoms with van der Waals surface area (Å²) in [5.74, 6) is 5.80. The summed E-state index contributed by atoms with van der Waals surface area (Å²) >= 11 is 0. The number of pyridine rings is 1. The molecule has 1 aliphatic heterocycles. The Bertz CT molecular complexity index is 857. The molecule has 2 aromatic heterocycles. The van der Waals surface area contributed by atoms with Gasteiger partial charge in [0.1, 0.15) is 0 Å². The van der Waals surface area contributed by atoms with Crippen LogP contribution in [0.15, 0.2) is 35.3 Å². The third-order valence-corrected chi connectivity index (χ3v) is 4.33. The Morgan fingerprint density at radius 2 is 2.00 bits per heavy atom. The number of fused-ring (bicyclic) bond motifs is 3. The number of aromatic amines is 1. The molecule has 1 aromatic carbocycles. The number of hydrogen-bond acceptors (Lipinski definition) is 4. The number of aromatic nitrogens is 3. The Kier molecular flexibility index (Phi) is 2.80. The van der Waals surface area contributed by atoms with E-state index in [1.165, 1.54) is 0 Å². The van der Waals surface area contributed by atoms with Crippen molar-refractivity contribution in [2.24, 2.45) is 5.84 Å². The molecule has 0 bridgehead atoms. The van der Waals surface area contributed by atoms with Crippen LogP contribution >= 0.6 is 0 Å². The van der Waals surface area contributed by atoms with Crippen molar-refractivity contribution in [1.29, 1.82) is 0 Å². The minimum atomic E-state index is -0.0568. The number of nitrogens with one attached hydrogen (secondary N) is 1. The summed E-state index contributed by atoms with van der Waals surface area (Å²) in [5.41, 5.74) is 2.60. The van der Waals surface area contributed by atoms with Crippen molar-refractivity contribution < 1.29 is 0 Å². The molecule has 4 rings (SSSR count). The number of hydrogen-bond donors (Lipinski definition) is 2. The van der Waals surface area contributed by atoms with Crippen molar-refractivity contribution in [1.82, 2.24) is 19.5 Å². The first-order chi connectivity index (χ1) is 10.2. The van der Waals surface area contributed by atoms with Gasteiger partial charge in [0.25, 0.3) is 0 Å². The number of para-hydroxylation sites is 1. The van der Waals surface area contributed by atoms with Crippen molar-refractivity contribution in [2.75, 3.05) is 13.1 Å².